The first-order valence-corrected chi connectivity index (χ1v) is 14.9. The van der Waals surface area contributed by atoms with Gasteiger partial charge in [0.25, 0.3) is 0 Å². The third-order valence-electron chi connectivity index (χ3n) is 6.35. The second kappa shape index (κ2) is 17.5. The molecule has 0 fully saturated rings. The van der Waals surface area contributed by atoms with Gasteiger partial charge in [-0.05, 0) is 80.9 Å². The molecular weight excluding hydrogens is 492 g/mol. The van der Waals surface area contributed by atoms with E-state index in [-0.39, 0.29) is 18.1 Å². The maximum Gasteiger partial charge on any atom is 0.211 e. The molecule has 0 aliphatic rings. The molecule has 0 aliphatic carbocycles. The van der Waals surface area contributed by atoms with Gasteiger partial charge in [0.1, 0.15) is 5.75 Å². The van der Waals surface area contributed by atoms with Gasteiger partial charge in [-0.25, -0.2) is 13.1 Å². The highest BCUT2D eigenvalue weighted by atomic mass is 32.2. The van der Waals surface area contributed by atoms with Crippen LogP contribution in [0, 0.1) is 0 Å². The molecule has 0 saturated carbocycles. The fourth-order valence-corrected chi connectivity index (χ4v) is 4.74. The first-order chi connectivity index (χ1) is 17.8. The van der Waals surface area contributed by atoms with Crippen molar-refractivity contribution < 1.29 is 28.5 Å². The minimum absolute atomic E-state index is 0.0371. The number of aliphatic hydroxyl groups is 2. The van der Waals surface area contributed by atoms with Gasteiger partial charge in [-0.2, -0.15) is 0 Å². The van der Waals surface area contributed by atoms with Crippen LogP contribution in [0.1, 0.15) is 66.9 Å². The molecule has 0 saturated heterocycles. The van der Waals surface area contributed by atoms with Gasteiger partial charge in [0, 0.05) is 25.3 Å². The molecule has 9 heteroatoms. The summed E-state index contributed by atoms with van der Waals surface area (Å²) in [6.07, 6.45) is 7.14. The minimum Gasteiger partial charge on any atom is -0.508 e. The van der Waals surface area contributed by atoms with Crippen molar-refractivity contribution in [3.05, 3.63) is 64.7 Å². The summed E-state index contributed by atoms with van der Waals surface area (Å²) in [4.78, 5) is 0. The normalized spacial score (nSPS) is 12.6. The summed E-state index contributed by atoms with van der Waals surface area (Å²) in [5, 5.41) is 32.4. The number of aromatic hydroxyl groups is 1. The van der Waals surface area contributed by atoms with Gasteiger partial charge >= 0.3 is 0 Å². The van der Waals surface area contributed by atoms with E-state index in [0.29, 0.717) is 24.1 Å². The van der Waals surface area contributed by atoms with Crippen molar-refractivity contribution >= 4 is 10.0 Å². The Kier molecular flexibility index (Phi) is 14.8. The zero-order chi connectivity index (χ0) is 26.9. The van der Waals surface area contributed by atoms with E-state index >= 15 is 0 Å². The van der Waals surface area contributed by atoms with E-state index in [2.05, 4.69) is 22.2 Å². The predicted octanol–water partition coefficient (Wildman–Crippen LogP) is 3.20. The van der Waals surface area contributed by atoms with Gasteiger partial charge < -0.3 is 25.4 Å². The van der Waals surface area contributed by atoms with Crippen molar-refractivity contribution in [1.82, 2.24) is 10.0 Å². The lowest BCUT2D eigenvalue weighted by molar-refractivity contribution is 0.126. The highest BCUT2D eigenvalue weighted by Gasteiger charge is 2.10. The zero-order valence-corrected chi connectivity index (χ0v) is 22.8. The second-order valence-electron chi connectivity index (χ2n) is 9.34. The third-order valence-corrected chi connectivity index (χ3v) is 7.72. The van der Waals surface area contributed by atoms with E-state index < -0.39 is 16.1 Å². The third kappa shape index (κ3) is 12.9. The molecule has 5 N–H and O–H groups in total. The lowest BCUT2D eigenvalue weighted by Gasteiger charge is -2.14. The molecule has 0 aromatic heterocycles. The van der Waals surface area contributed by atoms with E-state index in [4.69, 9.17) is 4.74 Å². The fraction of sp³-hybridized carbons (Fsp3) is 0.571. The smallest absolute Gasteiger partial charge is 0.211 e. The molecule has 2 aromatic rings. The molecule has 0 radical (unpaired) electrons. The molecule has 0 bridgehead atoms. The number of benzene rings is 2. The average Bonchev–Trinajstić information content (AvgIpc) is 2.90. The number of phenols is 1. The lowest BCUT2D eigenvalue weighted by Crippen LogP contribution is -2.23. The summed E-state index contributed by atoms with van der Waals surface area (Å²) >= 11 is 0. The summed E-state index contributed by atoms with van der Waals surface area (Å²) in [6, 6.07) is 13.0. The lowest BCUT2D eigenvalue weighted by atomic mass is 10.0. The van der Waals surface area contributed by atoms with E-state index in [1.807, 2.05) is 12.1 Å². The van der Waals surface area contributed by atoms with Crippen LogP contribution in [0.4, 0.5) is 0 Å². The Balaban J connectivity index is 1.43. The molecule has 208 valence electrons. The highest BCUT2D eigenvalue weighted by molar-refractivity contribution is 7.89. The minimum atomic E-state index is -3.18. The van der Waals surface area contributed by atoms with E-state index in [1.165, 1.54) is 18.7 Å². The number of nitrogens with one attached hydrogen (secondary N) is 2. The molecular formula is C28H44N2O6S. The van der Waals surface area contributed by atoms with E-state index in [9.17, 15) is 23.7 Å². The zero-order valence-electron chi connectivity index (χ0n) is 22.0. The molecule has 2 aromatic carbocycles. The molecule has 1 atom stereocenters. The summed E-state index contributed by atoms with van der Waals surface area (Å²) in [7, 11) is -1.74. The predicted molar refractivity (Wildman–Crippen MR) is 147 cm³/mol. The van der Waals surface area contributed by atoms with Crippen LogP contribution >= 0.6 is 0 Å². The van der Waals surface area contributed by atoms with Crippen molar-refractivity contribution in [3.63, 3.8) is 0 Å². The number of rotatable bonds is 20. The molecule has 0 amide bonds. The molecule has 0 heterocycles. The van der Waals surface area contributed by atoms with Gasteiger partial charge in [-0.3, -0.25) is 0 Å². The summed E-state index contributed by atoms with van der Waals surface area (Å²) < 4.78 is 31.3. The summed E-state index contributed by atoms with van der Waals surface area (Å²) in [5.74, 6) is 0.143. The number of aryl methyl sites for hydroxylation is 2. The van der Waals surface area contributed by atoms with Crippen LogP contribution in [0.5, 0.6) is 5.75 Å². The van der Waals surface area contributed by atoms with Crippen LogP contribution in [0.25, 0.3) is 0 Å². The molecule has 0 spiro atoms. The van der Waals surface area contributed by atoms with Crippen LogP contribution in [0.15, 0.2) is 42.5 Å². The van der Waals surface area contributed by atoms with Gasteiger partial charge in [-0.15, -0.1) is 0 Å². The highest BCUT2D eigenvalue weighted by Crippen LogP contribution is 2.22. The van der Waals surface area contributed by atoms with Crippen LogP contribution < -0.4 is 10.0 Å². The number of ether oxygens (including phenoxy) is 1. The number of unbranched alkanes of at least 4 members (excludes halogenated alkanes) is 4. The van der Waals surface area contributed by atoms with Crippen molar-refractivity contribution in [2.75, 3.05) is 39.1 Å². The van der Waals surface area contributed by atoms with Crippen LogP contribution in [0.3, 0.4) is 0 Å². The van der Waals surface area contributed by atoms with Crippen LogP contribution in [-0.2, 0) is 34.2 Å². The Bertz CT molecular complexity index is 1020. The summed E-state index contributed by atoms with van der Waals surface area (Å²) in [6.45, 7) is 2.54. The first kappa shape index (κ1) is 31.2. The Morgan fingerprint density at radius 2 is 1.62 bits per heavy atom. The quantitative estimate of drug-likeness (QED) is 0.164. The number of aliphatic hydroxyl groups excluding tert-OH is 2. The second-order valence-corrected chi connectivity index (χ2v) is 11.4. The van der Waals surface area contributed by atoms with E-state index in [0.717, 1.165) is 70.3 Å². The topological polar surface area (TPSA) is 128 Å². The van der Waals surface area contributed by atoms with Gasteiger partial charge in [0.05, 0.1) is 18.5 Å². The van der Waals surface area contributed by atoms with Gasteiger partial charge in [-0.1, -0.05) is 43.2 Å². The number of hydrogen-bond donors (Lipinski definition) is 5. The van der Waals surface area contributed by atoms with Crippen molar-refractivity contribution in [2.45, 2.75) is 64.1 Å². The first-order valence-electron chi connectivity index (χ1n) is 13.2. The molecule has 0 aliphatic heterocycles. The number of sulfonamides is 1. The molecule has 37 heavy (non-hydrogen) atoms. The van der Waals surface area contributed by atoms with Crippen molar-refractivity contribution in [3.8, 4) is 5.75 Å². The monoisotopic (exact) mass is 536 g/mol. The Labute approximate surface area is 222 Å². The standard InChI is InChI=1S/C28H44N2O6S/c1-29-37(34,35)18-14-24-11-8-10-23(19-24)9-4-7-17-36-16-6-3-2-5-15-30-21-28(33)25-12-13-27(32)26(20-25)22-31/h8,10-13,19-20,28-33H,2-7,9,14-18,21-22H2,1H3/t28-/m1/s1. The average molecular weight is 537 g/mol. The maximum atomic E-state index is 11.6. The van der Waals surface area contributed by atoms with Crippen molar-refractivity contribution in [2.24, 2.45) is 0 Å². The van der Waals surface area contributed by atoms with Crippen molar-refractivity contribution in [1.29, 1.82) is 0 Å². The number of hydrogen-bond acceptors (Lipinski definition) is 7. The Hall–Kier alpha value is -2.01. The molecule has 0 unspecified atom stereocenters. The maximum absolute atomic E-state index is 11.6. The molecule has 2 rings (SSSR count). The summed E-state index contributed by atoms with van der Waals surface area (Å²) in [5.41, 5.74) is 3.38. The van der Waals surface area contributed by atoms with Gasteiger partial charge in [0.15, 0.2) is 0 Å². The Morgan fingerprint density at radius 3 is 2.35 bits per heavy atom. The SMILES string of the molecule is CNS(=O)(=O)CCc1cccc(CCCCOCCCCCCNC[C@@H](O)c2ccc(O)c(CO)c2)c1. The van der Waals surface area contributed by atoms with Crippen LogP contribution in [-0.4, -0.2) is 62.8 Å². The van der Waals surface area contributed by atoms with E-state index in [1.54, 1.807) is 12.1 Å². The largest absolute Gasteiger partial charge is 0.508 e. The molecule has 8 nitrogen and oxygen atoms in total. The fourth-order valence-electron chi connectivity index (χ4n) is 4.03. The van der Waals surface area contributed by atoms with Crippen LogP contribution in [0.2, 0.25) is 0 Å². The Morgan fingerprint density at radius 1 is 0.919 bits per heavy atom. The van der Waals surface area contributed by atoms with Gasteiger partial charge in [0.2, 0.25) is 10.0 Å².